The number of ether oxygens (including phenoxy) is 4. The lowest BCUT2D eigenvalue weighted by Crippen LogP contribution is -2.48. The molecule has 0 aliphatic heterocycles. The molecule has 0 aliphatic rings. The number of nitrogens with two attached hydrogens (primary N) is 2. The molecule has 8 nitrogen and oxygen atoms in total. The van der Waals surface area contributed by atoms with Gasteiger partial charge in [0.2, 0.25) is 0 Å². The predicted octanol–water partition coefficient (Wildman–Crippen LogP) is 6.39. The molecule has 0 radical (unpaired) electrons. The number of carbonyl (C=O) groups excluding carboxylic acids is 1. The summed E-state index contributed by atoms with van der Waals surface area (Å²) in [5.74, 6) is 0.175. The van der Waals surface area contributed by atoms with Crippen LogP contribution >= 0.6 is 0 Å². The zero-order valence-corrected chi connectivity index (χ0v) is 31.5. The van der Waals surface area contributed by atoms with Crippen LogP contribution in [0.2, 0.25) is 0 Å². The van der Waals surface area contributed by atoms with Gasteiger partial charge in [-0.1, -0.05) is 83.1 Å². The Labute approximate surface area is 267 Å². The van der Waals surface area contributed by atoms with Gasteiger partial charge < -0.3 is 35.3 Å². The molecule has 1 atom stereocenters. The van der Waals surface area contributed by atoms with Crippen molar-refractivity contribution < 1.29 is 23.7 Å². The number of rotatable bonds is 20. The Balaban J connectivity index is 0. The average Bonchev–Trinajstić information content (AvgIpc) is 2.75. The highest BCUT2D eigenvalue weighted by Crippen LogP contribution is 2.29. The first-order valence-corrected chi connectivity index (χ1v) is 16.2. The highest BCUT2D eigenvalue weighted by atomic mass is 16.6. The van der Waals surface area contributed by atoms with E-state index in [1.54, 1.807) is 0 Å². The van der Waals surface area contributed by atoms with Gasteiger partial charge in [0.05, 0.1) is 46.1 Å². The molecule has 0 aromatic rings. The molecule has 0 aromatic heterocycles. The normalized spacial score (nSPS) is 14.4. The van der Waals surface area contributed by atoms with E-state index in [0.717, 1.165) is 26.2 Å². The molecule has 260 valence electrons. The van der Waals surface area contributed by atoms with Crippen LogP contribution in [-0.4, -0.2) is 89.3 Å². The van der Waals surface area contributed by atoms with Gasteiger partial charge in [0, 0.05) is 35.9 Å². The minimum atomic E-state index is -0.480. The first kappa shape index (κ1) is 44.4. The summed E-state index contributed by atoms with van der Waals surface area (Å²) < 4.78 is 24.0. The van der Waals surface area contributed by atoms with E-state index in [2.05, 4.69) is 93.7 Å². The van der Waals surface area contributed by atoms with Crippen LogP contribution in [0.15, 0.2) is 0 Å². The van der Waals surface area contributed by atoms with Crippen molar-refractivity contribution >= 4 is 5.97 Å². The lowest BCUT2D eigenvalue weighted by atomic mass is 9.86. The van der Waals surface area contributed by atoms with Crippen molar-refractivity contribution in [3.63, 3.8) is 0 Å². The standard InChI is InChI=1S/C34H70N2O5.CH5N/c1-27(17-35)18-38-24-32(10,11)19-36(20-33(12,13)25-39-22-29(2,3)4)21-34(14,15)26-40-23-31(8,9)16-28(37)41-30(5,6)7;1-2/h27H,16-26,35H2,1-15H3;2H2,1H3. The Morgan fingerprint density at radius 3 is 1.37 bits per heavy atom. The van der Waals surface area contributed by atoms with Crippen molar-refractivity contribution in [3.8, 4) is 0 Å². The highest BCUT2D eigenvalue weighted by molar-refractivity contribution is 5.70. The summed E-state index contributed by atoms with van der Waals surface area (Å²) in [6, 6.07) is 0. The van der Waals surface area contributed by atoms with Gasteiger partial charge in [-0.15, -0.1) is 0 Å². The number of hydrogen-bond acceptors (Lipinski definition) is 8. The van der Waals surface area contributed by atoms with Crippen molar-refractivity contribution in [3.05, 3.63) is 0 Å². The maximum atomic E-state index is 12.4. The molecule has 43 heavy (non-hydrogen) atoms. The molecule has 1 unspecified atom stereocenters. The molecule has 0 aliphatic carbocycles. The summed E-state index contributed by atoms with van der Waals surface area (Å²) in [5, 5.41) is 0. The van der Waals surface area contributed by atoms with E-state index in [9.17, 15) is 4.79 Å². The first-order chi connectivity index (χ1) is 19.3. The number of esters is 1. The quantitative estimate of drug-likeness (QED) is 0.151. The number of nitrogens with zero attached hydrogens (tertiary/aromatic N) is 1. The molecule has 0 aromatic carbocycles. The molecule has 0 saturated heterocycles. The number of carbonyl (C=O) groups is 1. The minimum absolute atomic E-state index is 0.0113. The van der Waals surface area contributed by atoms with Crippen LogP contribution in [0.5, 0.6) is 0 Å². The molecule has 0 saturated carbocycles. The zero-order valence-electron chi connectivity index (χ0n) is 31.5. The van der Waals surface area contributed by atoms with Gasteiger partial charge in [0.1, 0.15) is 5.60 Å². The molecule has 0 amide bonds. The zero-order chi connectivity index (χ0) is 34.3. The summed E-state index contributed by atoms with van der Waals surface area (Å²) in [7, 11) is 1.50. The average molecular weight is 618 g/mol. The van der Waals surface area contributed by atoms with Crippen LogP contribution < -0.4 is 11.5 Å². The van der Waals surface area contributed by atoms with Crippen molar-refractivity contribution in [1.29, 1.82) is 0 Å². The van der Waals surface area contributed by atoms with Crippen molar-refractivity contribution in [1.82, 2.24) is 4.90 Å². The molecule has 4 N–H and O–H groups in total. The van der Waals surface area contributed by atoms with Crippen LogP contribution in [0, 0.1) is 33.0 Å². The summed E-state index contributed by atoms with van der Waals surface area (Å²) in [5.41, 5.74) is 9.53. The van der Waals surface area contributed by atoms with E-state index in [1.165, 1.54) is 7.05 Å². The molecular weight excluding hydrogens is 542 g/mol. The Morgan fingerprint density at radius 1 is 0.628 bits per heavy atom. The van der Waals surface area contributed by atoms with Crippen LogP contribution in [0.4, 0.5) is 0 Å². The number of hydrogen-bond donors (Lipinski definition) is 2. The van der Waals surface area contributed by atoms with E-state index in [-0.39, 0.29) is 33.0 Å². The lowest BCUT2D eigenvalue weighted by Gasteiger charge is -2.41. The van der Waals surface area contributed by atoms with Gasteiger partial charge in [-0.2, -0.15) is 0 Å². The predicted molar refractivity (Wildman–Crippen MR) is 182 cm³/mol. The van der Waals surface area contributed by atoms with Gasteiger partial charge in [0.25, 0.3) is 0 Å². The largest absolute Gasteiger partial charge is 0.460 e. The fourth-order valence-corrected chi connectivity index (χ4v) is 4.78. The third kappa shape index (κ3) is 26.2. The maximum absolute atomic E-state index is 12.4. The van der Waals surface area contributed by atoms with E-state index in [0.29, 0.717) is 51.9 Å². The fourth-order valence-electron chi connectivity index (χ4n) is 4.78. The lowest BCUT2D eigenvalue weighted by molar-refractivity contribution is -0.158. The third-order valence-electron chi connectivity index (χ3n) is 6.31. The molecular formula is C35H75N3O5. The van der Waals surface area contributed by atoms with Crippen LogP contribution in [0.1, 0.15) is 110 Å². The second-order valence-electron chi connectivity index (χ2n) is 18.0. The third-order valence-corrected chi connectivity index (χ3v) is 6.31. The van der Waals surface area contributed by atoms with Crippen LogP contribution in [0.25, 0.3) is 0 Å². The van der Waals surface area contributed by atoms with Gasteiger partial charge in [-0.3, -0.25) is 4.79 Å². The Bertz CT molecular complexity index is 752. The SMILES string of the molecule is CC(CN)COCC(C)(C)CN(CC(C)(C)COCC(C)(C)C)CC(C)(C)COCC(C)(C)CC(=O)OC(C)(C)C.CN. The summed E-state index contributed by atoms with van der Waals surface area (Å²) in [6.07, 6.45) is 0.330. The summed E-state index contributed by atoms with van der Waals surface area (Å²) in [4.78, 5) is 15.0. The topological polar surface area (TPSA) is 109 Å². The molecule has 0 rings (SSSR count). The molecule has 0 heterocycles. The molecule has 0 bridgehead atoms. The summed E-state index contributed by atoms with van der Waals surface area (Å²) >= 11 is 0. The molecule has 0 spiro atoms. The van der Waals surface area contributed by atoms with Crippen LogP contribution in [-0.2, 0) is 23.7 Å². The Hall–Kier alpha value is -0.770. The van der Waals surface area contributed by atoms with Crippen molar-refractivity contribution in [2.45, 2.75) is 116 Å². The highest BCUT2D eigenvalue weighted by Gasteiger charge is 2.33. The van der Waals surface area contributed by atoms with Gasteiger partial charge in [0.15, 0.2) is 0 Å². The van der Waals surface area contributed by atoms with E-state index >= 15 is 0 Å². The maximum Gasteiger partial charge on any atom is 0.306 e. The first-order valence-electron chi connectivity index (χ1n) is 16.2. The van der Waals surface area contributed by atoms with E-state index in [1.807, 2.05) is 20.8 Å². The monoisotopic (exact) mass is 618 g/mol. The van der Waals surface area contributed by atoms with Gasteiger partial charge >= 0.3 is 5.97 Å². The Morgan fingerprint density at radius 2 is 1.00 bits per heavy atom. The van der Waals surface area contributed by atoms with Crippen LogP contribution in [0.3, 0.4) is 0 Å². The fraction of sp³-hybridized carbons (Fsp3) is 0.971. The molecule has 8 heteroatoms. The van der Waals surface area contributed by atoms with Crippen molar-refractivity contribution in [2.24, 2.45) is 44.5 Å². The molecule has 0 fully saturated rings. The van der Waals surface area contributed by atoms with Gasteiger partial charge in [-0.25, -0.2) is 0 Å². The van der Waals surface area contributed by atoms with Gasteiger partial charge in [-0.05, 0) is 51.1 Å². The van der Waals surface area contributed by atoms with E-state index < -0.39 is 5.60 Å². The smallest absolute Gasteiger partial charge is 0.306 e. The minimum Gasteiger partial charge on any atom is -0.460 e. The second kappa shape index (κ2) is 19.0. The Kier molecular flexibility index (Phi) is 19.6. The second-order valence-corrected chi connectivity index (χ2v) is 18.0. The van der Waals surface area contributed by atoms with Crippen molar-refractivity contribution in [2.75, 3.05) is 72.9 Å². The summed E-state index contributed by atoms with van der Waals surface area (Å²) in [6.45, 7) is 39.5. The van der Waals surface area contributed by atoms with E-state index in [4.69, 9.17) is 24.7 Å².